The predicted molar refractivity (Wildman–Crippen MR) is 105 cm³/mol. The van der Waals surface area contributed by atoms with E-state index in [4.69, 9.17) is 0 Å². The SMILES string of the molecule is Cc1[nH]c(=O)[nH]c(=O)c1S(=O)(=O)N1CCC(C(=O)NCCc2cccs2)CC1. The van der Waals surface area contributed by atoms with Crippen molar-refractivity contribution in [1.82, 2.24) is 19.6 Å². The summed E-state index contributed by atoms with van der Waals surface area (Å²) in [4.78, 5) is 40.6. The zero-order valence-electron chi connectivity index (χ0n) is 15.4. The van der Waals surface area contributed by atoms with Gasteiger partial charge in [-0.25, -0.2) is 13.2 Å². The molecule has 0 spiro atoms. The Balaban J connectivity index is 1.59. The fourth-order valence-electron chi connectivity index (χ4n) is 3.29. The van der Waals surface area contributed by atoms with Crippen molar-refractivity contribution in [3.05, 3.63) is 48.9 Å². The number of rotatable bonds is 6. The van der Waals surface area contributed by atoms with Crippen molar-refractivity contribution in [1.29, 1.82) is 0 Å². The summed E-state index contributed by atoms with van der Waals surface area (Å²) < 4.78 is 26.8. The highest BCUT2D eigenvalue weighted by Gasteiger charge is 2.34. The van der Waals surface area contributed by atoms with Crippen LogP contribution >= 0.6 is 11.3 Å². The summed E-state index contributed by atoms with van der Waals surface area (Å²) in [6.07, 6.45) is 1.53. The Labute approximate surface area is 165 Å². The molecular weight excluding hydrogens is 404 g/mol. The number of aromatic nitrogens is 2. The van der Waals surface area contributed by atoms with E-state index >= 15 is 0 Å². The van der Waals surface area contributed by atoms with Crippen molar-refractivity contribution in [3.8, 4) is 0 Å². The Kier molecular flexibility index (Phi) is 6.16. The topological polar surface area (TPSA) is 132 Å². The van der Waals surface area contributed by atoms with Crippen LogP contribution in [-0.4, -0.2) is 48.2 Å². The van der Waals surface area contributed by atoms with Crippen LogP contribution in [0, 0.1) is 12.8 Å². The van der Waals surface area contributed by atoms with Gasteiger partial charge in [0.2, 0.25) is 15.9 Å². The number of aromatic amines is 2. The number of H-pyrrole nitrogens is 2. The van der Waals surface area contributed by atoms with Gasteiger partial charge in [0.25, 0.3) is 5.56 Å². The van der Waals surface area contributed by atoms with Crippen LogP contribution in [0.2, 0.25) is 0 Å². The molecule has 0 atom stereocenters. The predicted octanol–water partition coefficient (Wildman–Crippen LogP) is 0.193. The van der Waals surface area contributed by atoms with Crippen molar-refractivity contribution in [3.63, 3.8) is 0 Å². The molecule has 0 bridgehead atoms. The third kappa shape index (κ3) is 4.42. The van der Waals surface area contributed by atoms with E-state index in [0.29, 0.717) is 19.4 Å². The van der Waals surface area contributed by atoms with Crippen molar-refractivity contribution >= 4 is 27.3 Å². The van der Waals surface area contributed by atoms with Gasteiger partial charge in [0.05, 0.1) is 0 Å². The molecule has 2 aromatic rings. The van der Waals surface area contributed by atoms with Crippen molar-refractivity contribution in [2.45, 2.75) is 31.1 Å². The lowest BCUT2D eigenvalue weighted by Gasteiger charge is -2.30. The molecule has 2 aromatic heterocycles. The Morgan fingerprint density at radius 3 is 2.61 bits per heavy atom. The first-order valence-corrected chi connectivity index (χ1v) is 11.2. The molecule has 3 rings (SSSR count). The van der Waals surface area contributed by atoms with Crippen molar-refractivity contribution in [2.24, 2.45) is 5.92 Å². The maximum atomic E-state index is 12.8. The summed E-state index contributed by atoms with van der Waals surface area (Å²) in [7, 11) is -4.05. The third-order valence-corrected chi connectivity index (χ3v) is 7.74. The first-order valence-electron chi connectivity index (χ1n) is 8.92. The van der Waals surface area contributed by atoms with Gasteiger partial charge in [0.15, 0.2) is 4.90 Å². The van der Waals surface area contributed by atoms with E-state index in [1.807, 2.05) is 22.5 Å². The van der Waals surface area contributed by atoms with Gasteiger partial charge in [-0.2, -0.15) is 4.31 Å². The minimum atomic E-state index is -4.05. The number of nitrogens with zero attached hydrogens (tertiary/aromatic N) is 1. The molecule has 0 radical (unpaired) electrons. The largest absolute Gasteiger partial charge is 0.355 e. The molecule has 1 aliphatic heterocycles. The molecule has 1 amide bonds. The minimum Gasteiger partial charge on any atom is -0.355 e. The number of hydrogen-bond donors (Lipinski definition) is 3. The minimum absolute atomic E-state index is 0.00203. The lowest BCUT2D eigenvalue weighted by Crippen LogP contribution is -2.45. The second kappa shape index (κ2) is 8.41. The van der Waals surface area contributed by atoms with Gasteiger partial charge < -0.3 is 10.3 Å². The normalized spacial score (nSPS) is 16.2. The van der Waals surface area contributed by atoms with Gasteiger partial charge in [-0.3, -0.25) is 14.6 Å². The summed E-state index contributed by atoms with van der Waals surface area (Å²) in [6, 6.07) is 3.98. The molecule has 0 aliphatic carbocycles. The zero-order chi connectivity index (χ0) is 20.3. The van der Waals surface area contributed by atoms with Gasteiger partial charge in [-0.15, -0.1) is 11.3 Å². The van der Waals surface area contributed by atoms with Crippen LogP contribution in [0.25, 0.3) is 0 Å². The van der Waals surface area contributed by atoms with Gasteiger partial charge in [-0.1, -0.05) is 6.07 Å². The van der Waals surface area contributed by atoms with E-state index in [-0.39, 0.29) is 30.6 Å². The number of hydrogen-bond acceptors (Lipinski definition) is 6. The maximum Gasteiger partial charge on any atom is 0.325 e. The van der Waals surface area contributed by atoms with Crippen LogP contribution < -0.4 is 16.6 Å². The average Bonchev–Trinajstić information content (AvgIpc) is 3.14. The molecule has 1 aliphatic rings. The highest BCUT2D eigenvalue weighted by Crippen LogP contribution is 2.23. The van der Waals surface area contributed by atoms with Crippen LogP contribution in [0.1, 0.15) is 23.4 Å². The number of sulfonamides is 1. The van der Waals surface area contributed by atoms with Gasteiger partial charge in [0, 0.05) is 36.1 Å². The van der Waals surface area contributed by atoms with Crippen molar-refractivity contribution in [2.75, 3.05) is 19.6 Å². The lowest BCUT2D eigenvalue weighted by atomic mass is 9.97. The second-order valence-electron chi connectivity index (χ2n) is 6.66. The number of aryl methyl sites for hydroxylation is 1. The van der Waals surface area contributed by atoms with E-state index in [1.165, 1.54) is 16.1 Å². The maximum absolute atomic E-state index is 12.8. The molecule has 9 nitrogen and oxygen atoms in total. The molecule has 0 saturated carbocycles. The van der Waals surface area contributed by atoms with Crippen LogP contribution in [0.15, 0.2) is 32.0 Å². The lowest BCUT2D eigenvalue weighted by molar-refractivity contribution is -0.126. The quantitative estimate of drug-likeness (QED) is 0.607. The Morgan fingerprint density at radius 2 is 2.00 bits per heavy atom. The van der Waals surface area contributed by atoms with E-state index in [0.717, 1.165) is 6.42 Å². The summed E-state index contributed by atoms with van der Waals surface area (Å²) in [5, 5.41) is 4.89. The first-order chi connectivity index (χ1) is 13.3. The fraction of sp³-hybridized carbons (Fsp3) is 0.471. The number of piperidine rings is 1. The van der Waals surface area contributed by atoms with E-state index in [9.17, 15) is 22.8 Å². The molecule has 1 fully saturated rings. The molecular formula is C17H22N4O5S2. The number of carbonyl (C=O) groups is 1. The number of amides is 1. The molecule has 152 valence electrons. The number of carbonyl (C=O) groups excluding carboxylic acids is 1. The standard InChI is InChI=1S/C17H22N4O5S2/c1-11-14(16(23)20-17(24)19-11)28(25,26)21-8-5-12(6-9-21)15(22)18-7-4-13-3-2-10-27-13/h2-3,10,12H,4-9H2,1H3,(H,18,22)(H2,19,20,23,24). The molecule has 0 aromatic carbocycles. The second-order valence-corrected chi connectivity index (χ2v) is 9.57. The highest BCUT2D eigenvalue weighted by atomic mass is 32.2. The van der Waals surface area contributed by atoms with Crippen LogP contribution in [0.3, 0.4) is 0 Å². The Bertz CT molecular complexity index is 1050. The molecule has 0 unspecified atom stereocenters. The van der Waals surface area contributed by atoms with Crippen molar-refractivity contribution < 1.29 is 13.2 Å². The number of nitrogens with one attached hydrogen (secondary N) is 3. The number of thiophene rings is 1. The van der Waals surface area contributed by atoms with Crippen LogP contribution in [0.4, 0.5) is 0 Å². The molecule has 3 N–H and O–H groups in total. The van der Waals surface area contributed by atoms with E-state index in [1.54, 1.807) is 11.3 Å². The van der Waals surface area contributed by atoms with Gasteiger partial charge >= 0.3 is 5.69 Å². The van der Waals surface area contributed by atoms with Crippen LogP contribution in [-0.2, 0) is 21.2 Å². The first kappa shape index (κ1) is 20.5. The molecule has 3 heterocycles. The summed E-state index contributed by atoms with van der Waals surface area (Å²) in [5.74, 6) is -0.337. The van der Waals surface area contributed by atoms with E-state index < -0.39 is 26.2 Å². The zero-order valence-corrected chi connectivity index (χ0v) is 17.0. The fourth-order valence-corrected chi connectivity index (χ4v) is 5.68. The third-order valence-electron chi connectivity index (χ3n) is 4.75. The molecule has 11 heteroatoms. The van der Waals surface area contributed by atoms with Crippen LogP contribution in [0.5, 0.6) is 0 Å². The monoisotopic (exact) mass is 426 g/mol. The molecule has 1 saturated heterocycles. The van der Waals surface area contributed by atoms with E-state index in [2.05, 4.69) is 10.3 Å². The van der Waals surface area contributed by atoms with Gasteiger partial charge in [-0.05, 0) is 37.6 Å². The summed E-state index contributed by atoms with van der Waals surface area (Å²) in [5.41, 5.74) is -1.68. The Hall–Kier alpha value is -2.24. The summed E-state index contributed by atoms with van der Waals surface area (Å²) >= 11 is 1.64. The van der Waals surface area contributed by atoms with Gasteiger partial charge in [0.1, 0.15) is 0 Å². The smallest absolute Gasteiger partial charge is 0.325 e. The average molecular weight is 427 g/mol. The Morgan fingerprint density at radius 1 is 1.29 bits per heavy atom. The summed E-state index contributed by atoms with van der Waals surface area (Å²) in [6.45, 7) is 2.20. The highest BCUT2D eigenvalue weighted by molar-refractivity contribution is 7.89. The molecule has 28 heavy (non-hydrogen) atoms.